The predicted molar refractivity (Wildman–Crippen MR) is 112 cm³/mol. The zero-order chi connectivity index (χ0) is 21.2. The number of nitrogens with one attached hydrogen (secondary N) is 2. The van der Waals surface area contributed by atoms with Gasteiger partial charge in [0.05, 0.1) is 12.7 Å². The van der Waals surface area contributed by atoms with Crippen LogP contribution in [0.25, 0.3) is 5.78 Å². The first-order chi connectivity index (χ1) is 14.3. The molecule has 0 saturated carbocycles. The Bertz CT molecular complexity index is 1280. The van der Waals surface area contributed by atoms with Gasteiger partial charge in [-0.15, -0.1) is 5.10 Å². The van der Waals surface area contributed by atoms with E-state index in [4.69, 9.17) is 4.74 Å². The normalized spacial score (nSPS) is 20.0. The lowest BCUT2D eigenvalue weighted by atomic mass is 9.69. The average Bonchev–Trinajstić information content (AvgIpc) is 3.06. The molecular formula is C22H23N5O3. The summed E-state index contributed by atoms with van der Waals surface area (Å²) in [5.41, 5.74) is 2.41. The molecule has 0 radical (unpaired) electrons. The Balaban J connectivity index is 1.81. The van der Waals surface area contributed by atoms with E-state index in [0.29, 0.717) is 41.4 Å². The third-order valence-corrected chi connectivity index (χ3v) is 5.87. The third kappa shape index (κ3) is 2.74. The molecule has 2 N–H and O–H groups in total. The number of nitrogens with zero attached hydrogens (tertiary/aromatic N) is 3. The van der Waals surface area contributed by atoms with Crippen molar-refractivity contribution in [2.75, 3.05) is 12.4 Å². The molecule has 1 atom stereocenters. The van der Waals surface area contributed by atoms with Gasteiger partial charge in [0, 0.05) is 23.6 Å². The fraction of sp³-hybridized carbons (Fsp3) is 0.364. The van der Waals surface area contributed by atoms with E-state index in [1.165, 1.54) is 0 Å². The van der Waals surface area contributed by atoms with Crippen molar-refractivity contribution in [3.8, 4) is 5.75 Å². The summed E-state index contributed by atoms with van der Waals surface area (Å²) < 4.78 is 6.91. The fourth-order valence-electron chi connectivity index (χ4n) is 4.63. The fourth-order valence-corrected chi connectivity index (χ4v) is 4.63. The highest BCUT2D eigenvalue weighted by atomic mass is 16.5. The van der Waals surface area contributed by atoms with Gasteiger partial charge in [-0.2, -0.15) is 9.50 Å². The SMILES string of the molecule is COc1ccc([C@@H]2C3=C(CC(C)(C)CC3=O)Nc3c2c(=O)[nH]c2nc(C)nn32)cc1. The Labute approximate surface area is 173 Å². The lowest BCUT2D eigenvalue weighted by molar-refractivity contribution is -0.118. The van der Waals surface area contributed by atoms with Crippen molar-refractivity contribution in [1.29, 1.82) is 0 Å². The number of carbonyl (C=O) groups is 1. The number of aromatic nitrogens is 4. The lowest BCUT2D eigenvalue weighted by Crippen LogP contribution is -2.37. The molecule has 0 spiro atoms. The number of carbonyl (C=O) groups excluding carboxylic acids is 1. The molecule has 154 valence electrons. The minimum Gasteiger partial charge on any atom is -0.497 e. The summed E-state index contributed by atoms with van der Waals surface area (Å²) in [6, 6.07) is 7.51. The highest BCUT2D eigenvalue weighted by Gasteiger charge is 2.42. The van der Waals surface area contributed by atoms with E-state index in [1.54, 1.807) is 18.5 Å². The van der Waals surface area contributed by atoms with Crippen LogP contribution < -0.4 is 15.6 Å². The molecular weight excluding hydrogens is 382 g/mol. The van der Waals surface area contributed by atoms with Gasteiger partial charge in [0.15, 0.2) is 5.78 Å². The summed E-state index contributed by atoms with van der Waals surface area (Å²) in [6.07, 6.45) is 1.15. The average molecular weight is 405 g/mol. The topological polar surface area (TPSA) is 101 Å². The Morgan fingerprint density at radius 2 is 1.90 bits per heavy atom. The van der Waals surface area contributed by atoms with Crippen molar-refractivity contribution in [3.05, 3.63) is 62.8 Å². The highest BCUT2D eigenvalue weighted by Crippen LogP contribution is 2.47. The highest BCUT2D eigenvalue weighted by molar-refractivity contribution is 6.01. The van der Waals surface area contributed by atoms with Crippen LogP contribution in [-0.4, -0.2) is 32.5 Å². The zero-order valence-electron chi connectivity index (χ0n) is 17.4. The van der Waals surface area contributed by atoms with Crippen LogP contribution >= 0.6 is 0 Å². The predicted octanol–water partition coefficient (Wildman–Crippen LogP) is 2.94. The van der Waals surface area contributed by atoms with E-state index in [9.17, 15) is 9.59 Å². The van der Waals surface area contributed by atoms with E-state index >= 15 is 0 Å². The number of aryl methyl sites for hydroxylation is 1. The van der Waals surface area contributed by atoms with E-state index < -0.39 is 5.92 Å². The van der Waals surface area contributed by atoms with Gasteiger partial charge >= 0.3 is 0 Å². The van der Waals surface area contributed by atoms with Crippen molar-refractivity contribution in [1.82, 2.24) is 19.6 Å². The summed E-state index contributed by atoms with van der Waals surface area (Å²) in [5, 5.41) is 7.84. The van der Waals surface area contributed by atoms with E-state index in [2.05, 4.69) is 34.2 Å². The second-order valence-corrected chi connectivity index (χ2v) is 8.78. The molecule has 1 aromatic carbocycles. The first kappa shape index (κ1) is 18.6. The summed E-state index contributed by atoms with van der Waals surface area (Å²) in [5.74, 6) is 1.80. The van der Waals surface area contributed by atoms with Gasteiger partial charge in [-0.05, 0) is 36.5 Å². The number of ether oxygens (including phenoxy) is 1. The molecule has 8 nitrogen and oxygen atoms in total. The monoisotopic (exact) mass is 405 g/mol. The third-order valence-electron chi connectivity index (χ3n) is 5.87. The molecule has 3 heterocycles. The number of H-pyrrole nitrogens is 1. The maximum Gasteiger partial charge on any atom is 0.258 e. The molecule has 0 bridgehead atoms. The van der Waals surface area contributed by atoms with Gasteiger partial charge in [0.25, 0.3) is 5.56 Å². The largest absolute Gasteiger partial charge is 0.497 e. The van der Waals surface area contributed by atoms with Gasteiger partial charge in [-0.25, -0.2) is 0 Å². The van der Waals surface area contributed by atoms with Crippen LogP contribution in [0, 0.1) is 12.3 Å². The summed E-state index contributed by atoms with van der Waals surface area (Å²) in [6.45, 7) is 5.95. The van der Waals surface area contributed by atoms with Crippen molar-refractivity contribution < 1.29 is 9.53 Å². The molecule has 30 heavy (non-hydrogen) atoms. The standard InChI is InChI=1S/C22H23N5O3/c1-11-23-21-25-20(29)18-16(12-5-7-13(30-4)8-6-12)17-14(24-19(18)27(21)26-11)9-22(2,3)10-15(17)28/h5-8,16,24H,9-10H2,1-4H3,(H,23,25,26,29)/t16-/m1/s1. The molecule has 2 aliphatic rings. The van der Waals surface area contributed by atoms with Crippen molar-refractivity contribution in [3.63, 3.8) is 0 Å². The number of hydrogen-bond donors (Lipinski definition) is 2. The molecule has 0 amide bonds. The zero-order valence-corrected chi connectivity index (χ0v) is 17.4. The van der Waals surface area contributed by atoms with Crippen LogP contribution in [0.4, 0.5) is 5.82 Å². The molecule has 1 aliphatic heterocycles. The molecule has 0 unspecified atom stereocenters. The van der Waals surface area contributed by atoms with Crippen LogP contribution in [0.1, 0.15) is 49.6 Å². The van der Waals surface area contributed by atoms with Gasteiger partial charge in [-0.1, -0.05) is 26.0 Å². The molecule has 0 fully saturated rings. The Hall–Kier alpha value is -3.42. The Morgan fingerprint density at radius 3 is 2.60 bits per heavy atom. The molecule has 8 heteroatoms. The number of hydrogen-bond acceptors (Lipinski definition) is 6. The van der Waals surface area contributed by atoms with Gasteiger partial charge in [0.1, 0.15) is 17.4 Å². The lowest BCUT2D eigenvalue weighted by Gasteiger charge is -2.38. The van der Waals surface area contributed by atoms with Crippen LogP contribution in [-0.2, 0) is 4.79 Å². The number of anilines is 1. The number of methoxy groups -OCH3 is 1. The molecule has 5 rings (SSSR count). The second kappa shape index (κ2) is 6.29. The summed E-state index contributed by atoms with van der Waals surface area (Å²) >= 11 is 0. The molecule has 2 aromatic heterocycles. The maximum atomic E-state index is 13.3. The van der Waals surface area contributed by atoms with Gasteiger partial charge < -0.3 is 10.1 Å². The van der Waals surface area contributed by atoms with Gasteiger partial charge in [-0.3, -0.25) is 14.6 Å². The summed E-state index contributed by atoms with van der Waals surface area (Å²) in [4.78, 5) is 33.6. The number of aromatic amines is 1. The minimum atomic E-state index is -0.483. The quantitative estimate of drug-likeness (QED) is 0.680. The van der Waals surface area contributed by atoms with Crippen molar-refractivity contribution >= 4 is 17.4 Å². The number of fused-ring (bicyclic) bond motifs is 3. The van der Waals surface area contributed by atoms with Crippen LogP contribution in [0.3, 0.4) is 0 Å². The Kier molecular flexibility index (Phi) is 3.90. The molecule has 1 aliphatic carbocycles. The first-order valence-corrected chi connectivity index (χ1v) is 9.94. The number of rotatable bonds is 2. The second-order valence-electron chi connectivity index (χ2n) is 8.78. The number of ketones is 1. The smallest absolute Gasteiger partial charge is 0.258 e. The van der Waals surface area contributed by atoms with E-state index in [-0.39, 0.29) is 16.8 Å². The number of benzene rings is 1. The minimum absolute atomic E-state index is 0.0643. The van der Waals surface area contributed by atoms with Crippen molar-refractivity contribution in [2.45, 2.75) is 39.5 Å². The van der Waals surface area contributed by atoms with E-state index in [1.807, 2.05) is 24.3 Å². The number of Topliss-reactive ketones (excluding diaryl/α,β-unsaturated/α-hetero) is 1. The molecule has 3 aromatic rings. The molecule has 0 saturated heterocycles. The van der Waals surface area contributed by atoms with Crippen LogP contribution in [0.5, 0.6) is 5.75 Å². The first-order valence-electron chi connectivity index (χ1n) is 9.94. The van der Waals surface area contributed by atoms with Crippen LogP contribution in [0.2, 0.25) is 0 Å². The van der Waals surface area contributed by atoms with Gasteiger partial charge in [0.2, 0.25) is 5.78 Å². The van der Waals surface area contributed by atoms with Crippen LogP contribution in [0.15, 0.2) is 40.3 Å². The number of allylic oxidation sites excluding steroid dienone is 2. The Morgan fingerprint density at radius 1 is 1.17 bits per heavy atom. The maximum absolute atomic E-state index is 13.3. The van der Waals surface area contributed by atoms with Crippen molar-refractivity contribution in [2.24, 2.45) is 5.41 Å². The summed E-state index contributed by atoms with van der Waals surface area (Å²) in [7, 11) is 1.61. The van der Waals surface area contributed by atoms with E-state index in [0.717, 1.165) is 17.0 Å².